The molecule has 2 aliphatic rings. The molecule has 0 bridgehead atoms. The molecule has 2 amide bonds. The van der Waals surface area contributed by atoms with Gasteiger partial charge in [0.25, 0.3) is 5.91 Å². The summed E-state index contributed by atoms with van der Waals surface area (Å²) >= 11 is 0. The minimum Gasteiger partial charge on any atom is -0.497 e. The van der Waals surface area contributed by atoms with Crippen LogP contribution >= 0.6 is 0 Å². The van der Waals surface area contributed by atoms with E-state index in [1.807, 2.05) is 0 Å². The molecule has 2 aromatic carbocycles. The third kappa shape index (κ3) is 7.22. The summed E-state index contributed by atoms with van der Waals surface area (Å²) in [6.07, 6.45) is 8.13. The van der Waals surface area contributed by atoms with Gasteiger partial charge < -0.3 is 25.4 Å². The SMILES string of the molecule is COc1cccc(C(=O)NC(CCC2CCCCC2)C(=O)N[C@H](CO)CN2CCc3cc(F)ccc32)c1. The van der Waals surface area contributed by atoms with Crippen LogP contribution in [-0.4, -0.2) is 55.8 Å². The first-order valence-electron chi connectivity index (χ1n) is 13.4. The van der Waals surface area contributed by atoms with Crippen molar-refractivity contribution in [1.29, 1.82) is 0 Å². The lowest BCUT2D eigenvalue weighted by atomic mass is 9.85. The minimum absolute atomic E-state index is 0.238. The number of benzene rings is 2. The van der Waals surface area contributed by atoms with Crippen molar-refractivity contribution in [3.8, 4) is 5.75 Å². The fraction of sp³-hybridized carbons (Fsp3) is 0.517. The molecule has 1 fully saturated rings. The zero-order chi connectivity index (χ0) is 26.2. The second-order valence-corrected chi connectivity index (χ2v) is 10.2. The Balaban J connectivity index is 1.42. The second-order valence-electron chi connectivity index (χ2n) is 10.2. The zero-order valence-electron chi connectivity index (χ0n) is 21.5. The first-order valence-corrected chi connectivity index (χ1v) is 13.4. The van der Waals surface area contributed by atoms with E-state index in [1.165, 1.54) is 31.4 Å². The molecule has 1 heterocycles. The van der Waals surface area contributed by atoms with Crippen LogP contribution in [0.3, 0.4) is 0 Å². The van der Waals surface area contributed by atoms with Gasteiger partial charge >= 0.3 is 0 Å². The topological polar surface area (TPSA) is 90.9 Å². The van der Waals surface area contributed by atoms with Crippen molar-refractivity contribution < 1.29 is 23.8 Å². The minimum atomic E-state index is -0.713. The van der Waals surface area contributed by atoms with Crippen molar-refractivity contribution in [1.82, 2.24) is 10.6 Å². The van der Waals surface area contributed by atoms with Gasteiger partial charge in [-0.2, -0.15) is 0 Å². The maximum Gasteiger partial charge on any atom is 0.252 e. The molecular formula is C29H38FN3O4. The number of nitrogens with one attached hydrogen (secondary N) is 2. The normalized spacial score (nSPS) is 17.1. The molecule has 1 saturated carbocycles. The van der Waals surface area contributed by atoms with E-state index in [0.717, 1.165) is 36.9 Å². The number of aliphatic hydroxyl groups excluding tert-OH is 1. The summed E-state index contributed by atoms with van der Waals surface area (Å²) in [5.74, 6) is 0.235. The number of rotatable bonds is 11. The second kappa shape index (κ2) is 12.9. The number of hydrogen-bond donors (Lipinski definition) is 3. The predicted octanol–water partition coefficient (Wildman–Crippen LogP) is 3.83. The van der Waals surface area contributed by atoms with Gasteiger partial charge in [-0.05, 0) is 67.1 Å². The molecule has 2 atom stereocenters. The third-order valence-corrected chi connectivity index (χ3v) is 7.58. The van der Waals surface area contributed by atoms with Crippen molar-refractivity contribution >= 4 is 17.5 Å². The van der Waals surface area contributed by atoms with Crippen LogP contribution in [0.25, 0.3) is 0 Å². The van der Waals surface area contributed by atoms with E-state index in [4.69, 9.17) is 4.74 Å². The number of carbonyl (C=O) groups is 2. The maximum absolute atomic E-state index is 13.6. The van der Waals surface area contributed by atoms with Crippen molar-refractivity contribution in [2.45, 2.75) is 63.5 Å². The largest absolute Gasteiger partial charge is 0.497 e. The van der Waals surface area contributed by atoms with Crippen LogP contribution < -0.4 is 20.3 Å². The molecule has 2 aromatic rings. The highest BCUT2D eigenvalue weighted by atomic mass is 19.1. The van der Waals surface area contributed by atoms with Crippen molar-refractivity contribution in [3.05, 3.63) is 59.4 Å². The summed E-state index contributed by atoms with van der Waals surface area (Å²) in [6.45, 7) is 0.862. The molecule has 1 aliphatic heterocycles. The molecule has 1 unspecified atom stereocenters. The number of methoxy groups -OCH3 is 1. The van der Waals surface area contributed by atoms with Crippen molar-refractivity contribution in [2.75, 3.05) is 31.7 Å². The molecule has 3 N–H and O–H groups in total. The Labute approximate surface area is 218 Å². The summed E-state index contributed by atoms with van der Waals surface area (Å²) < 4.78 is 18.8. The molecule has 0 aromatic heterocycles. The molecule has 200 valence electrons. The van der Waals surface area contributed by atoms with Crippen LogP contribution in [0.5, 0.6) is 5.75 Å². The lowest BCUT2D eigenvalue weighted by molar-refractivity contribution is -0.124. The fourth-order valence-corrected chi connectivity index (χ4v) is 5.50. The van der Waals surface area contributed by atoms with Gasteiger partial charge in [0.05, 0.1) is 19.8 Å². The Morgan fingerprint density at radius 2 is 1.95 bits per heavy atom. The average Bonchev–Trinajstić information content (AvgIpc) is 3.32. The Bertz CT molecular complexity index is 1070. The quantitative estimate of drug-likeness (QED) is 0.427. The van der Waals surface area contributed by atoms with E-state index in [9.17, 15) is 19.1 Å². The lowest BCUT2D eigenvalue weighted by Gasteiger charge is -2.28. The number of fused-ring (bicyclic) bond motifs is 1. The van der Waals surface area contributed by atoms with Crippen LogP contribution in [0.4, 0.5) is 10.1 Å². The van der Waals surface area contributed by atoms with Gasteiger partial charge in [-0.25, -0.2) is 4.39 Å². The van der Waals surface area contributed by atoms with Crippen LogP contribution in [0.2, 0.25) is 0 Å². The highest BCUT2D eigenvalue weighted by molar-refractivity contribution is 5.97. The number of carbonyl (C=O) groups excluding carboxylic acids is 2. The predicted molar refractivity (Wildman–Crippen MR) is 141 cm³/mol. The zero-order valence-corrected chi connectivity index (χ0v) is 21.5. The molecule has 1 aliphatic carbocycles. The first kappa shape index (κ1) is 26.9. The third-order valence-electron chi connectivity index (χ3n) is 7.58. The summed E-state index contributed by atoms with van der Waals surface area (Å²) in [5.41, 5.74) is 2.28. The maximum atomic E-state index is 13.6. The summed E-state index contributed by atoms with van der Waals surface area (Å²) in [7, 11) is 1.54. The van der Waals surface area contributed by atoms with E-state index >= 15 is 0 Å². The number of aliphatic hydroxyl groups is 1. The van der Waals surface area contributed by atoms with Gasteiger partial charge in [-0.15, -0.1) is 0 Å². The standard InChI is InChI=1S/C29H38FN3O4/c1-37-25-9-5-8-22(17-25)28(35)32-26(12-10-20-6-3-2-4-7-20)29(36)31-24(19-34)18-33-15-14-21-16-23(30)11-13-27(21)33/h5,8-9,11,13,16-17,20,24,26,34H,2-4,6-7,10,12,14-15,18-19H2,1H3,(H,31,36)(H,32,35)/t24-,26?/m0/s1. The number of anilines is 1. The van der Waals surface area contributed by atoms with Crippen LogP contribution in [0.15, 0.2) is 42.5 Å². The Morgan fingerprint density at radius 3 is 2.70 bits per heavy atom. The molecular weight excluding hydrogens is 473 g/mol. The van der Waals surface area contributed by atoms with E-state index in [-0.39, 0.29) is 24.2 Å². The number of ether oxygens (including phenoxy) is 1. The van der Waals surface area contributed by atoms with Gasteiger partial charge in [0.1, 0.15) is 17.6 Å². The van der Waals surface area contributed by atoms with E-state index < -0.39 is 12.1 Å². The van der Waals surface area contributed by atoms with Gasteiger partial charge in [0.15, 0.2) is 0 Å². The number of halogens is 1. The van der Waals surface area contributed by atoms with E-state index in [0.29, 0.717) is 36.7 Å². The van der Waals surface area contributed by atoms with E-state index in [2.05, 4.69) is 15.5 Å². The fourth-order valence-electron chi connectivity index (χ4n) is 5.50. The van der Waals surface area contributed by atoms with Gasteiger partial charge in [0, 0.05) is 24.3 Å². The summed E-state index contributed by atoms with van der Waals surface area (Å²) in [5, 5.41) is 15.9. The molecule has 0 radical (unpaired) electrons. The lowest BCUT2D eigenvalue weighted by Crippen LogP contribution is -2.53. The molecule has 0 spiro atoms. The van der Waals surface area contributed by atoms with Crippen LogP contribution in [0.1, 0.15) is 60.9 Å². The van der Waals surface area contributed by atoms with Crippen LogP contribution in [-0.2, 0) is 11.2 Å². The highest BCUT2D eigenvalue weighted by Gasteiger charge is 2.28. The summed E-state index contributed by atoms with van der Waals surface area (Å²) in [4.78, 5) is 28.5. The Morgan fingerprint density at radius 1 is 1.14 bits per heavy atom. The average molecular weight is 512 g/mol. The number of hydrogen-bond acceptors (Lipinski definition) is 5. The summed E-state index contributed by atoms with van der Waals surface area (Å²) in [6, 6.07) is 10.3. The highest BCUT2D eigenvalue weighted by Crippen LogP contribution is 2.29. The van der Waals surface area contributed by atoms with Crippen molar-refractivity contribution in [3.63, 3.8) is 0 Å². The monoisotopic (exact) mass is 511 g/mol. The molecule has 7 nitrogen and oxygen atoms in total. The molecule has 0 saturated heterocycles. The number of amides is 2. The molecule has 4 rings (SSSR count). The molecule has 8 heteroatoms. The first-order chi connectivity index (χ1) is 18.0. The van der Waals surface area contributed by atoms with Gasteiger partial charge in [0.2, 0.25) is 5.91 Å². The van der Waals surface area contributed by atoms with Gasteiger partial charge in [-0.1, -0.05) is 38.2 Å². The van der Waals surface area contributed by atoms with Gasteiger partial charge in [-0.3, -0.25) is 9.59 Å². The van der Waals surface area contributed by atoms with Crippen molar-refractivity contribution in [2.24, 2.45) is 5.92 Å². The Hall–Kier alpha value is -3.13. The number of nitrogens with zero attached hydrogens (tertiary/aromatic N) is 1. The van der Waals surface area contributed by atoms with E-state index in [1.54, 1.807) is 37.4 Å². The van der Waals surface area contributed by atoms with Crippen LogP contribution in [0, 0.1) is 11.7 Å². The smallest absolute Gasteiger partial charge is 0.252 e. The molecule has 37 heavy (non-hydrogen) atoms. The Kier molecular flexibility index (Phi) is 9.39.